The Bertz CT molecular complexity index is 524. The molecule has 1 atom stereocenters. The molecule has 1 aromatic heterocycles. The average molecular weight is 276 g/mol. The molecular weight excluding hydrogens is 256 g/mol. The second kappa shape index (κ2) is 6.68. The van der Waals surface area contributed by atoms with Gasteiger partial charge in [0.15, 0.2) is 0 Å². The number of hydrogen-bond acceptors (Lipinski definition) is 4. The summed E-state index contributed by atoms with van der Waals surface area (Å²) in [7, 11) is 0. The zero-order valence-corrected chi connectivity index (χ0v) is 12.5. The third kappa shape index (κ3) is 4.04. The van der Waals surface area contributed by atoms with E-state index in [1.807, 2.05) is 24.4 Å². The standard InChI is InChI=1S/C15H20N2OS/c1-4-16-12(3)13-6-5-7-14(8-13)18-9-15-17-11(2)10-19-15/h5-8,10,12,16H,4,9H2,1-3H3. The first-order valence-electron chi connectivity index (χ1n) is 6.56. The molecule has 3 nitrogen and oxygen atoms in total. The van der Waals surface area contributed by atoms with Crippen molar-refractivity contribution >= 4 is 11.3 Å². The highest BCUT2D eigenvalue weighted by atomic mass is 32.1. The number of hydrogen-bond donors (Lipinski definition) is 1. The molecule has 1 N–H and O–H groups in total. The van der Waals surface area contributed by atoms with Crippen molar-refractivity contribution in [2.75, 3.05) is 6.54 Å². The largest absolute Gasteiger partial charge is 0.486 e. The second-order valence-corrected chi connectivity index (χ2v) is 5.47. The smallest absolute Gasteiger partial charge is 0.140 e. The van der Waals surface area contributed by atoms with Crippen molar-refractivity contribution < 1.29 is 4.74 Å². The van der Waals surface area contributed by atoms with Gasteiger partial charge in [-0.05, 0) is 38.1 Å². The summed E-state index contributed by atoms with van der Waals surface area (Å²) in [5, 5.41) is 6.46. The van der Waals surface area contributed by atoms with Crippen molar-refractivity contribution in [2.45, 2.75) is 33.4 Å². The Morgan fingerprint density at radius 3 is 2.95 bits per heavy atom. The molecule has 0 saturated carbocycles. The van der Waals surface area contributed by atoms with E-state index in [0.717, 1.165) is 23.0 Å². The summed E-state index contributed by atoms with van der Waals surface area (Å²) in [4.78, 5) is 4.39. The quantitative estimate of drug-likeness (QED) is 0.873. The van der Waals surface area contributed by atoms with Gasteiger partial charge in [-0.15, -0.1) is 11.3 Å². The third-order valence-corrected chi connectivity index (χ3v) is 3.84. The molecule has 0 aliphatic heterocycles. The maximum absolute atomic E-state index is 5.79. The number of benzene rings is 1. The van der Waals surface area contributed by atoms with Gasteiger partial charge in [0.1, 0.15) is 17.4 Å². The van der Waals surface area contributed by atoms with Gasteiger partial charge in [0, 0.05) is 17.1 Å². The molecule has 0 bridgehead atoms. The van der Waals surface area contributed by atoms with Crippen LogP contribution in [0.4, 0.5) is 0 Å². The van der Waals surface area contributed by atoms with Crippen LogP contribution in [0.5, 0.6) is 5.75 Å². The highest BCUT2D eigenvalue weighted by Crippen LogP contribution is 2.20. The van der Waals surface area contributed by atoms with Crippen LogP contribution in [-0.2, 0) is 6.61 Å². The molecule has 0 aliphatic rings. The third-order valence-electron chi connectivity index (χ3n) is 2.90. The summed E-state index contributed by atoms with van der Waals surface area (Å²) >= 11 is 1.64. The molecule has 1 unspecified atom stereocenters. The number of rotatable bonds is 6. The van der Waals surface area contributed by atoms with E-state index in [2.05, 4.69) is 36.3 Å². The molecule has 1 aromatic carbocycles. The van der Waals surface area contributed by atoms with Crippen molar-refractivity contribution in [3.63, 3.8) is 0 Å². The van der Waals surface area contributed by atoms with Crippen LogP contribution in [0.25, 0.3) is 0 Å². The summed E-state index contributed by atoms with van der Waals surface area (Å²) in [5.74, 6) is 0.898. The molecule has 0 amide bonds. The average Bonchev–Trinajstić information content (AvgIpc) is 2.83. The normalized spacial score (nSPS) is 12.4. The van der Waals surface area contributed by atoms with Crippen LogP contribution >= 0.6 is 11.3 Å². The van der Waals surface area contributed by atoms with Gasteiger partial charge in [0.25, 0.3) is 0 Å². The van der Waals surface area contributed by atoms with Gasteiger partial charge in [0.05, 0.1) is 0 Å². The summed E-state index contributed by atoms with van der Waals surface area (Å²) in [6.07, 6.45) is 0. The van der Waals surface area contributed by atoms with Crippen molar-refractivity contribution in [1.82, 2.24) is 10.3 Å². The fourth-order valence-corrected chi connectivity index (χ4v) is 2.59. The molecule has 0 aliphatic carbocycles. The van der Waals surface area contributed by atoms with Crippen molar-refractivity contribution in [2.24, 2.45) is 0 Å². The van der Waals surface area contributed by atoms with Gasteiger partial charge in [-0.3, -0.25) is 0 Å². The lowest BCUT2D eigenvalue weighted by Gasteiger charge is -2.14. The Morgan fingerprint density at radius 1 is 1.42 bits per heavy atom. The minimum Gasteiger partial charge on any atom is -0.486 e. The number of ether oxygens (including phenoxy) is 1. The number of aryl methyl sites for hydroxylation is 1. The van der Waals surface area contributed by atoms with E-state index in [4.69, 9.17) is 4.74 Å². The fraction of sp³-hybridized carbons (Fsp3) is 0.400. The van der Waals surface area contributed by atoms with E-state index in [1.165, 1.54) is 5.56 Å². The lowest BCUT2D eigenvalue weighted by atomic mass is 10.1. The number of aromatic nitrogens is 1. The van der Waals surface area contributed by atoms with Crippen LogP contribution in [-0.4, -0.2) is 11.5 Å². The predicted molar refractivity (Wildman–Crippen MR) is 79.7 cm³/mol. The molecule has 2 aromatic rings. The minimum absolute atomic E-state index is 0.343. The van der Waals surface area contributed by atoms with Crippen LogP contribution in [0.2, 0.25) is 0 Å². The Hall–Kier alpha value is -1.39. The molecule has 102 valence electrons. The van der Waals surface area contributed by atoms with Gasteiger partial charge < -0.3 is 10.1 Å². The fourth-order valence-electron chi connectivity index (χ4n) is 1.91. The SMILES string of the molecule is CCNC(C)c1cccc(OCc2nc(C)cs2)c1. The summed E-state index contributed by atoms with van der Waals surface area (Å²) in [5.41, 5.74) is 2.30. The summed E-state index contributed by atoms with van der Waals surface area (Å²) < 4.78 is 5.79. The van der Waals surface area contributed by atoms with Crippen molar-refractivity contribution in [3.05, 3.63) is 45.9 Å². The second-order valence-electron chi connectivity index (χ2n) is 4.52. The number of thiazole rings is 1. The topological polar surface area (TPSA) is 34.1 Å². The first-order valence-corrected chi connectivity index (χ1v) is 7.44. The van der Waals surface area contributed by atoms with E-state index < -0.39 is 0 Å². The van der Waals surface area contributed by atoms with Gasteiger partial charge in [-0.25, -0.2) is 4.98 Å². The highest BCUT2D eigenvalue weighted by molar-refractivity contribution is 7.09. The first-order chi connectivity index (χ1) is 9.19. The van der Waals surface area contributed by atoms with Gasteiger partial charge in [-0.2, -0.15) is 0 Å². The Labute approximate surface area is 118 Å². The van der Waals surface area contributed by atoms with Crippen LogP contribution in [0.1, 0.15) is 36.2 Å². The Balaban J connectivity index is 1.98. The zero-order chi connectivity index (χ0) is 13.7. The van der Waals surface area contributed by atoms with E-state index in [-0.39, 0.29) is 0 Å². The van der Waals surface area contributed by atoms with E-state index in [0.29, 0.717) is 12.6 Å². The van der Waals surface area contributed by atoms with Gasteiger partial charge >= 0.3 is 0 Å². The molecule has 1 heterocycles. The van der Waals surface area contributed by atoms with E-state index in [1.54, 1.807) is 11.3 Å². The molecule has 2 rings (SSSR count). The maximum atomic E-state index is 5.79. The monoisotopic (exact) mass is 276 g/mol. The van der Waals surface area contributed by atoms with Gasteiger partial charge in [0.2, 0.25) is 0 Å². The molecule has 4 heteroatoms. The summed E-state index contributed by atoms with van der Waals surface area (Å²) in [6.45, 7) is 7.77. The Kier molecular flexibility index (Phi) is 4.93. The van der Waals surface area contributed by atoms with Crippen molar-refractivity contribution in [1.29, 1.82) is 0 Å². The van der Waals surface area contributed by atoms with Gasteiger partial charge in [-0.1, -0.05) is 19.1 Å². The van der Waals surface area contributed by atoms with Crippen LogP contribution in [0.15, 0.2) is 29.6 Å². The predicted octanol–water partition coefficient (Wildman–Crippen LogP) is 3.70. The number of nitrogens with one attached hydrogen (secondary N) is 1. The molecular formula is C15H20N2OS. The minimum atomic E-state index is 0.343. The van der Waals surface area contributed by atoms with Crippen LogP contribution in [0.3, 0.4) is 0 Å². The van der Waals surface area contributed by atoms with Crippen molar-refractivity contribution in [3.8, 4) is 5.75 Å². The molecule has 19 heavy (non-hydrogen) atoms. The van der Waals surface area contributed by atoms with E-state index >= 15 is 0 Å². The molecule has 0 radical (unpaired) electrons. The lowest BCUT2D eigenvalue weighted by Crippen LogP contribution is -2.17. The summed E-state index contributed by atoms with van der Waals surface area (Å²) in [6, 6.07) is 8.58. The molecule has 0 spiro atoms. The maximum Gasteiger partial charge on any atom is 0.140 e. The highest BCUT2D eigenvalue weighted by Gasteiger charge is 2.05. The molecule has 0 fully saturated rings. The van der Waals surface area contributed by atoms with Crippen LogP contribution in [0, 0.1) is 6.92 Å². The molecule has 0 saturated heterocycles. The zero-order valence-electron chi connectivity index (χ0n) is 11.6. The lowest BCUT2D eigenvalue weighted by molar-refractivity contribution is 0.305. The van der Waals surface area contributed by atoms with Crippen LogP contribution < -0.4 is 10.1 Å². The number of nitrogens with zero attached hydrogens (tertiary/aromatic N) is 1. The first kappa shape index (κ1) is 14.0. The Morgan fingerprint density at radius 2 is 2.26 bits per heavy atom. The van der Waals surface area contributed by atoms with E-state index in [9.17, 15) is 0 Å².